The fourth-order valence-electron chi connectivity index (χ4n) is 1.20. The summed E-state index contributed by atoms with van der Waals surface area (Å²) < 4.78 is 29.0. The maximum Gasteiger partial charge on any atom is 0.261 e. The van der Waals surface area contributed by atoms with E-state index in [1.54, 1.807) is 18.2 Å². The molecule has 0 unspecified atom stereocenters. The Kier molecular flexibility index (Phi) is 5.87. The van der Waals surface area contributed by atoms with E-state index in [0.717, 1.165) is 10.2 Å². The highest BCUT2D eigenvalue weighted by molar-refractivity contribution is 9.10. The van der Waals surface area contributed by atoms with Crippen LogP contribution in [0.25, 0.3) is 0 Å². The lowest BCUT2D eigenvalue weighted by molar-refractivity contribution is 0.0215. The van der Waals surface area contributed by atoms with Gasteiger partial charge in [-0.3, -0.25) is 0 Å². The van der Waals surface area contributed by atoms with Crippen molar-refractivity contribution in [2.75, 3.05) is 25.1 Å². The fourth-order valence-corrected chi connectivity index (χ4v) is 1.69. The van der Waals surface area contributed by atoms with Gasteiger partial charge in [-0.25, -0.2) is 8.78 Å². The summed E-state index contributed by atoms with van der Waals surface area (Å²) in [5, 5.41) is 11.7. The van der Waals surface area contributed by atoms with Crippen molar-refractivity contribution >= 4 is 21.6 Å². The van der Waals surface area contributed by atoms with Gasteiger partial charge in [0.1, 0.15) is 6.61 Å². The zero-order valence-corrected chi connectivity index (χ0v) is 10.5. The molecule has 0 saturated heterocycles. The summed E-state index contributed by atoms with van der Waals surface area (Å²) in [4.78, 5) is 0. The van der Waals surface area contributed by atoms with Gasteiger partial charge in [0.2, 0.25) is 0 Å². The molecule has 0 radical (unpaired) electrons. The van der Waals surface area contributed by atoms with E-state index in [4.69, 9.17) is 10.00 Å². The molecule has 1 aromatic rings. The Morgan fingerprint density at radius 1 is 1.41 bits per heavy atom. The first kappa shape index (κ1) is 13.9. The first-order chi connectivity index (χ1) is 8.11. The second-order valence-electron chi connectivity index (χ2n) is 3.23. The van der Waals surface area contributed by atoms with Crippen LogP contribution in [-0.4, -0.2) is 26.2 Å². The van der Waals surface area contributed by atoms with E-state index < -0.39 is 13.0 Å². The summed E-state index contributed by atoms with van der Waals surface area (Å²) in [7, 11) is 0. The molecule has 0 fully saturated rings. The average molecular weight is 305 g/mol. The zero-order chi connectivity index (χ0) is 12.7. The number of hydrogen-bond donors (Lipinski definition) is 1. The van der Waals surface area contributed by atoms with Crippen molar-refractivity contribution < 1.29 is 13.5 Å². The molecule has 0 spiro atoms. The number of halogens is 3. The van der Waals surface area contributed by atoms with Gasteiger partial charge in [-0.1, -0.05) is 15.9 Å². The van der Waals surface area contributed by atoms with Crippen molar-refractivity contribution in [3.63, 3.8) is 0 Å². The van der Waals surface area contributed by atoms with E-state index in [-0.39, 0.29) is 6.61 Å². The van der Waals surface area contributed by atoms with Crippen LogP contribution in [-0.2, 0) is 4.74 Å². The molecular weight excluding hydrogens is 294 g/mol. The van der Waals surface area contributed by atoms with E-state index >= 15 is 0 Å². The summed E-state index contributed by atoms with van der Waals surface area (Å²) in [6.07, 6.45) is -2.44. The average Bonchev–Trinajstić information content (AvgIpc) is 2.27. The Hall–Kier alpha value is -1.19. The molecule has 3 nitrogen and oxygen atoms in total. The van der Waals surface area contributed by atoms with Crippen molar-refractivity contribution in [2.24, 2.45) is 0 Å². The number of nitrogens with zero attached hydrogens (tertiary/aromatic N) is 1. The molecule has 0 atom stereocenters. The molecule has 0 aliphatic carbocycles. The smallest absolute Gasteiger partial charge is 0.261 e. The fraction of sp³-hybridized carbons (Fsp3) is 0.364. The third kappa shape index (κ3) is 5.61. The quantitative estimate of drug-likeness (QED) is 0.822. The predicted octanol–water partition coefficient (Wildman–Crippen LogP) is 3.01. The Labute approximate surface area is 107 Å². The number of hydrogen-bond acceptors (Lipinski definition) is 3. The second kappa shape index (κ2) is 7.20. The summed E-state index contributed by atoms with van der Waals surface area (Å²) in [5.74, 6) is 0. The number of ether oxygens (including phenoxy) is 1. The second-order valence-corrected chi connectivity index (χ2v) is 4.15. The van der Waals surface area contributed by atoms with Gasteiger partial charge in [-0.05, 0) is 18.2 Å². The lowest BCUT2D eigenvalue weighted by Gasteiger charge is -2.08. The van der Waals surface area contributed by atoms with Crippen LogP contribution in [0.3, 0.4) is 0 Å². The van der Waals surface area contributed by atoms with Gasteiger partial charge in [0.25, 0.3) is 6.43 Å². The Balaban J connectivity index is 2.37. The lowest BCUT2D eigenvalue weighted by atomic mass is 10.2. The molecule has 1 N–H and O–H groups in total. The third-order valence-electron chi connectivity index (χ3n) is 1.85. The maximum atomic E-state index is 11.7. The van der Waals surface area contributed by atoms with Crippen molar-refractivity contribution in [1.29, 1.82) is 5.26 Å². The monoisotopic (exact) mass is 304 g/mol. The minimum Gasteiger partial charge on any atom is -0.383 e. The molecule has 0 aromatic heterocycles. The van der Waals surface area contributed by atoms with Gasteiger partial charge >= 0.3 is 0 Å². The lowest BCUT2D eigenvalue weighted by Crippen LogP contribution is -2.13. The van der Waals surface area contributed by atoms with Crippen LogP contribution in [0.2, 0.25) is 0 Å². The molecular formula is C11H11BrF2N2O. The predicted molar refractivity (Wildman–Crippen MR) is 64.2 cm³/mol. The van der Waals surface area contributed by atoms with Crippen LogP contribution in [0.5, 0.6) is 0 Å². The van der Waals surface area contributed by atoms with Crippen molar-refractivity contribution in [3.05, 3.63) is 28.2 Å². The molecule has 0 bridgehead atoms. The highest BCUT2D eigenvalue weighted by Crippen LogP contribution is 2.18. The first-order valence-corrected chi connectivity index (χ1v) is 5.71. The largest absolute Gasteiger partial charge is 0.383 e. The highest BCUT2D eigenvalue weighted by Gasteiger charge is 2.01. The van der Waals surface area contributed by atoms with Crippen LogP contribution >= 0.6 is 15.9 Å². The molecule has 1 aromatic carbocycles. The molecule has 0 aliphatic rings. The molecule has 0 aliphatic heterocycles. The Bertz CT molecular complexity index is 407. The SMILES string of the molecule is N#Cc1cc(Br)cc(NCCOCC(F)F)c1. The Morgan fingerprint density at radius 3 is 2.82 bits per heavy atom. The molecule has 0 amide bonds. The molecule has 0 saturated carbocycles. The van der Waals surface area contributed by atoms with E-state index in [2.05, 4.69) is 21.2 Å². The molecule has 0 heterocycles. The maximum absolute atomic E-state index is 11.7. The van der Waals surface area contributed by atoms with Gasteiger partial charge in [0, 0.05) is 16.7 Å². The highest BCUT2D eigenvalue weighted by atomic mass is 79.9. The number of benzene rings is 1. The van der Waals surface area contributed by atoms with E-state index in [0.29, 0.717) is 12.1 Å². The van der Waals surface area contributed by atoms with Gasteiger partial charge < -0.3 is 10.1 Å². The summed E-state index contributed by atoms with van der Waals surface area (Å²) in [6, 6.07) is 7.20. The van der Waals surface area contributed by atoms with Crippen molar-refractivity contribution in [1.82, 2.24) is 0 Å². The summed E-state index contributed by atoms with van der Waals surface area (Å²) in [6.45, 7) is 0.0520. The van der Waals surface area contributed by atoms with E-state index in [9.17, 15) is 8.78 Å². The van der Waals surface area contributed by atoms with Crippen LogP contribution in [0.4, 0.5) is 14.5 Å². The van der Waals surface area contributed by atoms with Crippen LogP contribution in [0, 0.1) is 11.3 Å². The van der Waals surface area contributed by atoms with Gasteiger partial charge in [0.05, 0.1) is 18.2 Å². The first-order valence-electron chi connectivity index (χ1n) is 4.92. The van der Waals surface area contributed by atoms with Crippen molar-refractivity contribution in [2.45, 2.75) is 6.43 Å². The van der Waals surface area contributed by atoms with Gasteiger partial charge in [-0.15, -0.1) is 0 Å². The third-order valence-corrected chi connectivity index (χ3v) is 2.30. The molecule has 92 valence electrons. The molecule has 17 heavy (non-hydrogen) atoms. The van der Waals surface area contributed by atoms with Gasteiger partial charge in [0.15, 0.2) is 0 Å². The number of nitriles is 1. The summed E-state index contributed by atoms with van der Waals surface area (Å²) >= 11 is 3.27. The van der Waals surface area contributed by atoms with Crippen LogP contribution in [0.1, 0.15) is 5.56 Å². The Morgan fingerprint density at radius 2 is 2.18 bits per heavy atom. The molecule has 6 heteroatoms. The van der Waals surface area contributed by atoms with Crippen LogP contribution < -0.4 is 5.32 Å². The normalized spacial score (nSPS) is 10.3. The zero-order valence-electron chi connectivity index (χ0n) is 8.92. The number of nitrogens with one attached hydrogen (secondary N) is 1. The number of rotatable bonds is 6. The van der Waals surface area contributed by atoms with Crippen LogP contribution in [0.15, 0.2) is 22.7 Å². The number of anilines is 1. The van der Waals surface area contributed by atoms with E-state index in [1.807, 2.05) is 6.07 Å². The summed E-state index contributed by atoms with van der Waals surface area (Å²) in [5.41, 5.74) is 1.27. The minimum atomic E-state index is -2.44. The van der Waals surface area contributed by atoms with Gasteiger partial charge in [-0.2, -0.15) is 5.26 Å². The minimum absolute atomic E-state index is 0.193. The standard InChI is InChI=1S/C11H11BrF2N2O/c12-9-3-8(6-15)4-10(5-9)16-1-2-17-7-11(13)14/h3-5,11,16H,1-2,7H2. The number of alkyl halides is 2. The molecule has 1 rings (SSSR count). The van der Waals surface area contributed by atoms with E-state index in [1.165, 1.54) is 0 Å². The van der Waals surface area contributed by atoms with Crippen molar-refractivity contribution in [3.8, 4) is 6.07 Å². The topological polar surface area (TPSA) is 45.0 Å².